The number of rotatable bonds is 5. The van der Waals surface area contributed by atoms with Crippen LogP contribution in [0.3, 0.4) is 0 Å². The average molecular weight is 431 g/mol. The van der Waals surface area contributed by atoms with Gasteiger partial charge >= 0.3 is 0 Å². The minimum absolute atomic E-state index is 0.710. The Kier molecular flexibility index (Phi) is 5.95. The summed E-state index contributed by atoms with van der Waals surface area (Å²) in [4.78, 5) is 11.5. The van der Waals surface area contributed by atoms with E-state index in [9.17, 15) is 48.7 Å². The molecule has 0 heterocycles. The summed E-state index contributed by atoms with van der Waals surface area (Å²) >= 11 is 0. The van der Waals surface area contributed by atoms with Crippen molar-refractivity contribution < 1.29 is 48.7 Å². The van der Waals surface area contributed by atoms with E-state index in [1.54, 1.807) is 0 Å². The predicted molar refractivity (Wildman–Crippen MR) is 78.6 cm³/mol. The summed E-state index contributed by atoms with van der Waals surface area (Å²) < 4.78 is 136. The molecule has 0 saturated carbocycles. The smallest absolute Gasteiger partial charge is 0.200 e. The molecular weight excluding hydrogens is 424 g/mol. The van der Waals surface area contributed by atoms with Crippen molar-refractivity contribution in [1.82, 2.24) is 0 Å². The van der Waals surface area contributed by atoms with Gasteiger partial charge < -0.3 is 5.32 Å². The molecule has 0 aliphatic rings. The van der Waals surface area contributed by atoms with Gasteiger partial charge in [-0.2, -0.15) is 0 Å². The lowest BCUT2D eigenvalue weighted by Crippen LogP contribution is -2.24. The summed E-state index contributed by atoms with van der Waals surface area (Å²) in [5.41, 5.74) is -4.69. The van der Waals surface area contributed by atoms with Gasteiger partial charge in [-0.15, -0.1) is 0 Å². The van der Waals surface area contributed by atoms with Crippen molar-refractivity contribution in [3.05, 3.63) is 75.9 Å². The van der Waals surface area contributed by atoms with E-state index in [1.807, 2.05) is 0 Å². The summed E-state index contributed by atoms with van der Waals surface area (Å²) in [6, 6.07) is -2.58. The number of hydrogen-bond donors (Lipinski definition) is 1. The van der Waals surface area contributed by atoms with Gasteiger partial charge in [0.2, 0.25) is 11.6 Å². The van der Waals surface area contributed by atoms with Gasteiger partial charge in [0.05, 0.1) is 11.6 Å². The van der Waals surface area contributed by atoms with Crippen molar-refractivity contribution >= 4 is 11.5 Å². The molecule has 1 atom stereocenters. The van der Waals surface area contributed by atoms with Gasteiger partial charge in [0.25, 0.3) is 0 Å². The lowest BCUT2D eigenvalue weighted by Gasteiger charge is -2.23. The van der Waals surface area contributed by atoms with Crippen molar-refractivity contribution in [2.24, 2.45) is 0 Å². The Morgan fingerprint density at radius 3 is 1.31 bits per heavy atom. The highest BCUT2D eigenvalue weighted by Crippen LogP contribution is 2.36. The van der Waals surface area contributed by atoms with Crippen LogP contribution in [-0.2, 0) is 4.79 Å². The Labute approximate surface area is 155 Å². The molecule has 0 aliphatic carbocycles. The Hall–Kier alpha value is -3.05. The Bertz CT molecular complexity index is 991. The first-order chi connectivity index (χ1) is 13.3. The van der Waals surface area contributed by atoms with Gasteiger partial charge in [0.1, 0.15) is 5.69 Å². The number of ketones is 1. The lowest BCUT2D eigenvalue weighted by molar-refractivity contribution is -0.113. The van der Waals surface area contributed by atoms with Crippen molar-refractivity contribution in [3.8, 4) is 0 Å². The zero-order chi connectivity index (χ0) is 22.4. The van der Waals surface area contributed by atoms with Gasteiger partial charge in [0.15, 0.2) is 52.3 Å². The average Bonchev–Trinajstić information content (AvgIpc) is 2.68. The minimum atomic E-state index is -2.58. The van der Waals surface area contributed by atoms with Gasteiger partial charge in [-0.05, 0) is 6.92 Å². The molecule has 1 unspecified atom stereocenters. The zero-order valence-corrected chi connectivity index (χ0v) is 14.0. The highest BCUT2D eigenvalue weighted by molar-refractivity contribution is 5.94. The number of benzene rings is 2. The predicted octanol–water partition coefficient (Wildman–Crippen LogP) is 5.38. The second kappa shape index (κ2) is 7.76. The fraction of sp³-hybridized carbons (Fsp3) is 0.118. The second-order valence-electron chi connectivity index (χ2n) is 5.59. The Balaban J connectivity index is 2.81. The quantitative estimate of drug-likeness (QED) is 0.298. The molecule has 2 aromatic carbocycles. The van der Waals surface area contributed by atoms with Crippen LogP contribution in [0.2, 0.25) is 0 Å². The van der Waals surface area contributed by atoms with Gasteiger partial charge in [-0.25, -0.2) is 43.9 Å². The third-order valence-corrected chi connectivity index (χ3v) is 3.83. The standard InChI is InChI=1S/C17H7F10NO/c1-3(4(2)29)16(5-6(18)8(20)10(22)9(21)7(5)19)28-17-14(26)12(24)11(23)13(25)15(17)27/h16,28H,1H2,2H3. The van der Waals surface area contributed by atoms with Gasteiger partial charge in [-0.3, -0.25) is 4.79 Å². The molecule has 2 nitrogen and oxygen atoms in total. The molecule has 1 N–H and O–H groups in total. The molecule has 0 aromatic heterocycles. The summed E-state index contributed by atoms with van der Waals surface area (Å²) in [6.45, 7) is 3.73. The van der Waals surface area contributed by atoms with Gasteiger partial charge in [-0.1, -0.05) is 6.58 Å². The molecule has 29 heavy (non-hydrogen) atoms. The maximum atomic E-state index is 14.1. The maximum Gasteiger partial charge on any atom is 0.200 e. The summed E-state index contributed by atoms with van der Waals surface area (Å²) in [5, 5.41) is 1.42. The van der Waals surface area contributed by atoms with Crippen molar-refractivity contribution in [2.75, 3.05) is 5.32 Å². The van der Waals surface area contributed by atoms with Crippen LogP contribution in [0.15, 0.2) is 12.2 Å². The number of anilines is 1. The Morgan fingerprint density at radius 1 is 0.655 bits per heavy atom. The summed E-state index contributed by atoms with van der Waals surface area (Å²) in [7, 11) is 0. The number of carbonyl (C=O) groups excluding carboxylic acids is 1. The highest BCUT2D eigenvalue weighted by Gasteiger charge is 2.35. The van der Waals surface area contributed by atoms with E-state index in [0.717, 1.165) is 0 Å². The van der Waals surface area contributed by atoms with E-state index in [0.29, 0.717) is 6.92 Å². The van der Waals surface area contributed by atoms with Crippen LogP contribution in [-0.4, -0.2) is 5.78 Å². The molecule has 0 radical (unpaired) electrons. The van der Waals surface area contributed by atoms with Gasteiger partial charge in [0, 0.05) is 5.57 Å². The van der Waals surface area contributed by atoms with Crippen LogP contribution in [0.1, 0.15) is 18.5 Å². The van der Waals surface area contributed by atoms with Crippen LogP contribution in [0.4, 0.5) is 49.6 Å². The normalized spacial score (nSPS) is 12.1. The molecule has 0 amide bonds. The number of halogens is 10. The monoisotopic (exact) mass is 431 g/mol. The van der Waals surface area contributed by atoms with Crippen LogP contribution < -0.4 is 5.32 Å². The first kappa shape index (κ1) is 22.2. The fourth-order valence-corrected chi connectivity index (χ4v) is 2.29. The van der Waals surface area contributed by atoms with E-state index in [-0.39, 0.29) is 0 Å². The second-order valence-corrected chi connectivity index (χ2v) is 5.59. The molecule has 0 bridgehead atoms. The molecule has 2 rings (SSSR count). The lowest BCUT2D eigenvalue weighted by atomic mass is 9.95. The van der Waals surface area contributed by atoms with Crippen LogP contribution in [0.25, 0.3) is 0 Å². The number of hydrogen-bond acceptors (Lipinski definition) is 2. The van der Waals surface area contributed by atoms with Crippen LogP contribution in [0, 0.1) is 58.2 Å². The summed E-state index contributed by atoms with van der Waals surface area (Å²) in [5.74, 6) is -26.2. The largest absolute Gasteiger partial charge is 0.369 e. The number of Topliss-reactive ketones (excluding diaryl/α,β-unsaturated/α-hetero) is 1. The highest BCUT2D eigenvalue weighted by atomic mass is 19.2. The number of nitrogens with one attached hydrogen (secondary N) is 1. The molecule has 12 heteroatoms. The fourth-order valence-electron chi connectivity index (χ4n) is 2.29. The molecule has 0 fully saturated rings. The topological polar surface area (TPSA) is 29.1 Å². The molecule has 2 aromatic rings. The first-order valence-corrected chi connectivity index (χ1v) is 7.31. The van der Waals surface area contributed by atoms with E-state index in [1.165, 1.54) is 5.32 Å². The van der Waals surface area contributed by atoms with Crippen LogP contribution in [0.5, 0.6) is 0 Å². The molecule has 0 saturated heterocycles. The summed E-state index contributed by atoms with van der Waals surface area (Å²) in [6.07, 6.45) is 0. The third-order valence-electron chi connectivity index (χ3n) is 3.83. The van der Waals surface area contributed by atoms with E-state index < -0.39 is 86.8 Å². The Morgan fingerprint density at radius 2 is 0.966 bits per heavy atom. The molecule has 156 valence electrons. The van der Waals surface area contributed by atoms with Crippen molar-refractivity contribution in [1.29, 1.82) is 0 Å². The zero-order valence-electron chi connectivity index (χ0n) is 14.0. The first-order valence-electron chi connectivity index (χ1n) is 7.31. The van der Waals surface area contributed by atoms with E-state index in [2.05, 4.69) is 6.58 Å². The third kappa shape index (κ3) is 3.54. The number of carbonyl (C=O) groups is 1. The minimum Gasteiger partial charge on any atom is -0.369 e. The van der Waals surface area contributed by atoms with Crippen molar-refractivity contribution in [3.63, 3.8) is 0 Å². The molecular formula is C17H7F10NO. The molecule has 0 spiro atoms. The van der Waals surface area contributed by atoms with Crippen molar-refractivity contribution in [2.45, 2.75) is 13.0 Å². The molecule has 0 aliphatic heterocycles. The van der Waals surface area contributed by atoms with E-state index >= 15 is 0 Å². The van der Waals surface area contributed by atoms with Crippen LogP contribution >= 0.6 is 0 Å². The SMILES string of the molecule is C=C(C(C)=O)C(Nc1c(F)c(F)c(F)c(F)c1F)c1c(F)c(F)c(F)c(F)c1F. The van der Waals surface area contributed by atoms with E-state index in [4.69, 9.17) is 0 Å². The maximum absolute atomic E-state index is 14.1.